The molecule has 0 aromatic carbocycles. The van der Waals surface area contributed by atoms with Crippen LogP contribution in [0.15, 0.2) is 0 Å². The van der Waals surface area contributed by atoms with E-state index in [1.165, 1.54) is 38.5 Å². The third kappa shape index (κ3) is 8.13. The molecule has 0 N–H and O–H groups in total. The molecule has 9 nitrogen and oxygen atoms in total. The van der Waals surface area contributed by atoms with Gasteiger partial charge in [-0.2, -0.15) is 20.1 Å². The van der Waals surface area contributed by atoms with E-state index in [-0.39, 0.29) is 51.7 Å². The molecule has 2 aliphatic carbocycles. The molecular weight excluding hydrogens is 566 g/mol. The van der Waals surface area contributed by atoms with Gasteiger partial charge in [0.25, 0.3) is 0 Å². The second kappa shape index (κ2) is 12.9. The van der Waals surface area contributed by atoms with Crippen molar-refractivity contribution in [2.45, 2.75) is 192 Å². The molecule has 2 saturated carbocycles. The van der Waals surface area contributed by atoms with E-state index in [0.717, 1.165) is 51.4 Å². The molecule has 0 bridgehead atoms. The van der Waals surface area contributed by atoms with Crippen molar-refractivity contribution in [3.63, 3.8) is 0 Å². The first-order chi connectivity index (χ1) is 20.1. The first-order valence-electron chi connectivity index (χ1n) is 16.8. The lowest BCUT2D eigenvalue weighted by molar-refractivity contribution is -0.316. The van der Waals surface area contributed by atoms with Crippen molar-refractivity contribution in [2.24, 2.45) is 0 Å². The SMILES string of the molecule is CC1(C)CC(Oc2nc(Cl)nc(OC3CC(C)(C)N(OC4CCCCC4)C(C)(C)C3)n2)CC(C)(C)N1OC1CCCCC1. The largest absolute Gasteiger partial charge is 0.460 e. The molecule has 2 saturated heterocycles. The zero-order chi connectivity index (χ0) is 31.0. The van der Waals surface area contributed by atoms with Crippen LogP contribution in [0.1, 0.15) is 145 Å². The van der Waals surface area contributed by atoms with Crippen molar-refractivity contribution in [2.75, 3.05) is 0 Å². The Bertz CT molecular complexity index is 971. The molecule has 0 amide bonds. The van der Waals surface area contributed by atoms with E-state index >= 15 is 0 Å². The van der Waals surface area contributed by atoms with Gasteiger partial charge in [-0.05, 0) is 92.7 Å². The monoisotopic (exact) mass is 621 g/mol. The molecule has 0 unspecified atom stereocenters. The van der Waals surface area contributed by atoms with E-state index < -0.39 is 0 Å². The van der Waals surface area contributed by atoms with E-state index in [0.29, 0.717) is 12.2 Å². The van der Waals surface area contributed by atoms with E-state index in [4.69, 9.17) is 30.7 Å². The predicted molar refractivity (Wildman–Crippen MR) is 168 cm³/mol. The van der Waals surface area contributed by atoms with Gasteiger partial charge in [0.15, 0.2) is 0 Å². The van der Waals surface area contributed by atoms with Gasteiger partial charge in [0.1, 0.15) is 12.2 Å². The van der Waals surface area contributed by atoms with Crippen molar-refractivity contribution in [1.82, 2.24) is 25.1 Å². The van der Waals surface area contributed by atoms with Crippen LogP contribution in [0.5, 0.6) is 12.0 Å². The molecule has 4 aliphatic rings. The van der Waals surface area contributed by atoms with Gasteiger partial charge in [-0.15, -0.1) is 4.98 Å². The maximum absolute atomic E-state index is 6.65. The van der Waals surface area contributed by atoms with Crippen molar-refractivity contribution >= 4 is 11.6 Å². The number of hydrogen-bond acceptors (Lipinski definition) is 9. The van der Waals surface area contributed by atoms with Gasteiger partial charge in [-0.3, -0.25) is 9.68 Å². The summed E-state index contributed by atoms with van der Waals surface area (Å²) in [5.41, 5.74) is -0.870. The van der Waals surface area contributed by atoms with Gasteiger partial charge in [-0.1, -0.05) is 38.5 Å². The summed E-state index contributed by atoms with van der Waals surface area (Å²) in [6.07, 6.45) is 15.7. The molecule has 0 radical (unpaired) electrons. The smallest absolute Gasteiger partial charge is 0.324 e. The highest BCUT2D eigenvalue weighted by molar-refractivity contribution is 6.28. The van der Waals surface area contributed by atoms with Gasteiger partial charge in [0, 0.05) is 47.8 Å². The molecule has 1 aromatic heterocycles. The average Bonchev–Trinajstić information content (AvgIpc) is 2.88. The van der Waals surface area contributed by atoms with Crippen LogP contribution in [0.2, 0.25) is 5.28 Å². The normalized spacial score (nSPS) is 27.7. The third-order valence-electron chi connectivity index (χ3n) is 9.83. The number of halogens is 1. The third-order valence-corrected chi connectivity index (χ3v) is 10.0. The Labute approximate surface area is 264 Å². The molecule has 10 heteroatoms. The number of nitrogens with zero attached hydrogens (tertiary/aromatic N) is 5. The minimum Gasteiger partial charge on any atom is -0.460 e. The highest BCUT2D eigenvalue weighted by Gasteiger charge is 2.50. The number of hydroxylamine groups is 4. The van der Waals surface area contributed by atoms with E-state index in [1.807, 2.05) is 0 Å². The molecule has 5 rings (SSSR count). The van der Waals surface area contributed by atoms with Gasteiger partial charge >= 0.3 is 12.0 Å². The van der Waals surface area contributed by atoms with Crippen LogP contribution in [-0.4, -0.2) is 71.6 Å². The number of piperidine rings is 2. The Morgan fingerprint density at radius 3 is 1.16 bits per heavy atom. The summed E-state index contributed by atoms with van der Waals surface area (Å²) in [7, 11) is 0. The fourth-order valence-electron chi connectivity index (χ4n) is 8.44. The molecule has 3 heterocycles. The maximum Gasteiger partial charge on any atom is 0.324 e. The minimum atomic E-state index is -0.217. The van der Waals surface area contributed by atoms with E-state index in [2.05, 4.69) is 80.5 Å². The van der Waals surface area contributed by atoms with Crippen molar-refractivity contribution in [3.05, 3.63) is 5.28 Å². The quantitative estimate of drug-likeness (QED) is 0.288. The highest BCUT2D eigenvalue weighted by atomic mass is 35.5. The van der Waals surface area contributed by atoms with Crippen molar-refractivity contribution < 1.29 is 19.1 Å². The Hall–Kier alpha value is -1.26. The second-order valence-corrected chi connectivity index (χ2v) is 16.4. The summed E-state index contributed by atoms with van der Waals surface area (Å²) in [4.78, 5) is 26.6. The molecule has 0 atom stereocenters. The summed E-state index contributed by atoms with van der Waals surface area (Å²) in [6.45, 7) is 17.9. The van der Waals surface area contributed by atoms with Crippen molar-refractivity contribution in [3.8, 4) is 12.0 Å². The van der Waals surface area contributed by atoms with E-state index in [9.17, 15) is 0 Å². The summed E-state index contributed by atoms with van der Waals surface area (Å²) >= 11 is 6.39. The van der Waals surface area contributed by atoms with Crippen LogP contribution in [0.4, 0.5) is 0 Å². The standard InChI is InChI=1S/C33H56ClN5O4/c1-30(2)19-25(20-31(3,4)38(30)42-23-15-11-9-12-16-23)40-28-35-27(34)36-29(37-28)41-26-21-32(5,6)39(33(7,8)22-26)43-24-17-13-10-14-18-24/h23-26H,9-22H2,1-8H3. The van der Waals surface area contributed by atoms with Gasteiger partial charge in [0.2, 0.25) is 5.28 Å². The maximum atomic E-state index is 6.65. The van der Waals surface area contributed by atoms with Gasteiger partial charge in [0.05, 0.1) is 12.2 Å². The zero-order valence-corrected chi connectivity index (χ0v) is 28.7. The van der Waals surface area contributed by atoms with E-state index in [1.54, 1.807) is 0 Å². The molecule has 244 valence electrons. The summed E-state index contributed by atoms with van der Waals surface area (Å²) < 4.78 is 12.8. The van der Waals surface area contributed by atoms with Gasteiger partial charge in [-0.25, -0.2) is 0 Å². The molecule has 4 fully saturated rings. The van der Waals surface area contributed by atoms with Crippen molar-refractivity contribution in [1.29, 1.82) is 0 Å². The minimum absolute atomic E-state index is 0.0770. The Morgan fingerprint density at radius 2 is 0.837 bits per heavy atom. The lowest BCUT2D eigenvalue weighted by Gasteiger charge is -2.54. The van der Waals surface area contributed by atoms with Crippen LogP contribution in [0, 0.1) is 0 Å². The number of aromatic nitrogens is 3. The second-order valence-electron chi connectivity index (χ2n) is 16.0. The topological polar surface area (TPSA) is 82.1 Å². The van der Waals surface area contributed by atoms with Crippen LogP contribution < -0.4 is 9.47 Å². The zero-order valence-electron chi connectivity index (χ0n) is 28.0. The van der Waals surface area contributed by atoms with Gasteiger partial charge < -0.3 is 9.47 Å². The average molecular weight is 622 g/mol. The van der Waals surface area contributed by atoms with Crippen LogP contribution in [0.25, 0.3) is 0 Å². The van der Waals surface area contributed by atoms with Crippen LogP contribution in [-0.2, 0) is 9.68 Å². The Morgan fingerprint density at radius 1 is 0.512 bits per heavy atom. The molecule has 0 spiro atoms. The lowest BCUT2D eigenvalue weighted by atomic mass is 9.80. The predicted octanol–water partition coefficient (Wildman–Crippen LogP) is 7.85. The van der Waals surface area contributed by atoms with Crippen LogP contribution in [0.3, 0.4) is 0 Å². The fraction of sp³-hybridized carbons (Fsp3) is 0.909. The molecule has 1 aromatic rings. The first kappa shape index (κ1) is 33.1. The Balaban J connectivity index is 1.23. The molecule has 43 heavy (non-hydrogen) atoms. The van der Waals surface area contributed by atoms with Crippen LogP contribution >= 0.6 is 11.6 Å². The fourth-order valence-corrected chi connectivity index (χ4v) is 8.58. The highest BCUT2D eigenvalue weighted by Crippen LogP contribution is 2.43. The summed E-state index contributed by atoms with van der Waals surface area (Å²) in [5.74, 6) is 0. The summed E-state index contributed by atoms with van der Waals surface area (Å²) in [5, 5.41) is 4.55. The lowest BCUT2D eigenvalue weighted by Crippen LogP contribution is -2.63. The molecule has 2 aliphatic heterocycles. The number of rotatable bonds is 8. The summed E-state index contributed by atoms with van der Waals surface area (Å²) in [6, 6.07) is 0.426. The number of hydrogen-bond donors (Lipinski definition) is 0. The number of ether oxygens (including phenoxy) is 2. The Kier molecular flexibility index (Phi) is 9.90. The molecular formula is C33H56ClN5O4. The first-order valence-corrected chi connectivity index (χ1v) is 17.2.